The first-order valence-electron chi connectivity index (χ1n) is 8.27. The van der Waals surface area contributed by atoms with Crippen LogP contribution in [0.25, 0.3) is 0 Å². The zero-order chi connectivity index (χ0) is 15.9. The number of anilines is 2. The van der Waals surface area contributed by atoms with E-state index in [1.165, 1.54) is 25.7 Å². The summed E-state index contributed by atoms with van der Waals surface area (Å²) < 4.78 is 0. The molecule has 0 unspecified atom stereocenters. The topological polar surface area (TPSA) is 49.8 Å². The van der Waals surface area contributed by atoms with E-state index in [0.717, 1.165) is 36.1 Å². The molecule has 0 atom stereocenters. The molecular weight excluding hydrogens is 260 g/mol. The molecule has 0 spiro atoms. The zero-order valence-electron chi connectivity index (χ0n) is 14.6. The largest absolute Gasteiger partial charge is 0.370 e. The van der Waals surface area contributed by atoms with Crippen molar-refractivity contribution in [1.29, 1.82) is 0 Å². The van der Waals surface area contributed by atoms with Crippen LogP contribution in [0.15, 0.2) is 0 Å². The molecule has 0 amide bonds. The molecule has 1 rings (SSSR count). The maximum Gasteiger partial charge on any atom is 0.138 e. The van der Waals surface area contributed by atoms with Gasteiger partial charge in [-0.05, 0) is 20.3 Å². The summed E-state index contributed by atoms with van der Waals surface area (Å²) in [4.78, 5) is 9.43. The van der Waals surface area contributed by atoms with E-state index in [1.807, 2.05) is 0 Å². The van der Waals surface area contributed by atoms with Crippen LogP contribution in [-0.4, -0.2) is 23.1 Å². The van der Waals surface area contributed by atoms with Gasteiger partial charge < -0.3 is 10.6 Å². The summed E-state index contributed by atoms with van der Waals surface area (Å²) in [6.45, 7) is 14.7. The fraction of sp³-hybridized carbons (Fsp3) is 0.765. The maximum absolute atomic E-state index is 4.74. The van der Waals surface area contributed by atoms with Crippen LogP contribution in [0.4, 0.5) is 11.6 Å². The first kappa shape index (κ1) is 17.7. The Morgan fingerprint density at radius 3 is 2.05 bits per heavy atom. The molecule has 1 heterocycles. The van der Waals surface area contributed by atoms with Crippen LogP contribution < -0.4 is 10.6 Å². The molecule has 2 N–H and O–H groups in total. The van der Waals surface area contributed by atoms with E-state index in [4.69, 9.17) is 4.98 Å². The van der Waals surface area contributed by atoms with Crippen molar-refractivity contribution in [3.8, 4) is 0 Å². The van der Waals surface area contributed by atoms with E-state index >= 15 is 0 Å². The predicted octanol–water partition coefficient (Wildman–Crippen LogP) is 4.51. The summed E-state index contributed by atoms with van der Waals surface area (Å²) in [6.07, 6.45) is 5.05. The van der Waals surface area contributed by atoms with Crippen LogP contribution in [0.3, 0.4) is 0 Å². The van der Waals surface area contributed by atoms with Crippen molar-refractivity contribution in [2.24, 2.45) is 0 Å². The molecule has 0 aliphatic rings. The van der Waals surface area contributed by atoms with Crippen molar-refractivity contribution in [2.75, 3.05) is 23.7 Å². The molecule has 0 saturated carbocycles. The van der Waals surface area contributed by atoms with E-state index in [-0.39, 0.29) is 5.41 Å². The van der Waals surface area contributed by atoms with Gasteiger partial charge in [0.15, 0.2) is 0 Å². The second-order valence-corrected chi connectivity index (χ2v) is 6.64. The minimum atomic E-state index is -0.0451. The number of hydrogen-bond acceptors (Lipinski definition) is 4. The Labute approximate surface area is 130 Å². The first-order chi connectivity index (χ1) is 9.90. The molecule has 120 valence electrons. The minimum absolute atomic E-state index is 0.0451. The van der Waals surface area contributed by atoms with E-state index in [2.05, 4.69) is 57.2 Å². The van der Waals surface area contributed by atoms with Crippen LogP contribution in [-0.2, 0) is 5.41 Å². The van der Waals surface area contributed by atoms with Gasteiger partial charge in [-0.15, -0.1) is 0 Å². The van der Waals surface area contributed by atoms with E-state index in [9.17, 15) is 0 Å². The van der Waals surface area contributed by atoms with Crippen molar-refractivity contribution in [2.45, 2.75) is 72.6 Å². The van der Waals surface area contributed by atoms with Gasteiger partial charge in [-0.2, -0.15) is 0 Å². The Morgan fingerprint density at radius 1 is 0.905 bits per heavy atom. The van der Waals surface area contributed by atoms with Gasteiger partial charge in [0.25, 0.3) is 0 Å². The Hall–Kier alpha value is -1.32. The quantitative estimate of drug-likeness (QED) is 0.692. The lowest BCUT2D eigenvalue weighted by Crippen LogP contribution is -2.20. The highest BCUT2D eigenvalue weighted by Gasteiger charge is 2.20. The summed E-state index contributed by atoms with van der Waals surface area (Å²) in [5.41, 5.74) is 1.07. The number of aromatic nitrogens is 2. The van der Waals surface area contributed by atoms with Gasteiger partial charge in [-0.25, -0.2) is 9.97 Å². The van der Waals surface area contributed by atoms with Gasteiger partial charge in [-0.3, -0.25) is 0 Å². The average Bonchev–Trinajstić information content (AvgIpc) is 2.41. The van der Waals surface area contributed by atoms with Crippen LogP contribution >= 0.6 is 0 Å². The summed E-state index contributed by atoms with van der Waals surface area (Å²) in [5.74, 6) is 2.82. The molecular formula is C17H32N4. The molecule has 0 radical (unpaired) electrons. The first-order valence-corrected chi connectivity index (χ1v) is 8.27. The molecule has 4 nitrogen and oxygen atoms in total. The Balaban J connectivity index is 2.87. The van der Waals surface area contributed by atoms with Crippen LogP contribution in [0.1, 0.15) is 71.7 Å². The molecule has 21 heavy (non-hydrogen) atoms. The highest BCUT2D eigenvalue weighted by molar-refractivity contribution is 5.57. The summed E-state index contributed by atoms with van der Waals surface area (Å²) >= 11 is 0. The molecule has 1 aromatic heterocycles. The van der Waals surface area contributed by atoms with Crippen molar-refractivity contribution >= 4 is 11.6 Å². The van der Waals surface area contributed by atoms with Gasteiger partial charge in [0.1, 0.15) is 17.5 Å². The molecule has 1 aromatic rings. The zero-order valence-corrected chi connectivity index (χ0v) is 14.6. The average molecular weight is 292 g/mol. The van der Waals surface area contributed by atoms with E-state index in [0.29, 0.717) is 0 Å². The molecule has 0 bridgehead atoms. The maximum atomic E-state index is 4.74. The summed E-state index contributed by atoms with van der Waals surface area (Å²) in [7, 11) is 0. The molecule has 4 heteroatoms. The van der Waals surface area contributed by atoms with Gasteiger partial charge >= 0.3 is 0 Å². The molecule has 0 aliphatic carbocycles. The molecule has 0 saturated heterocycles. The van der Waals surface area contributed by atoms with E-state index < -0.39 is 0 Å². The second-order valence-electron chi connectivity index (χ2n) is 6.64. The minimum Gasteiger partial charge on any atom is -0.370 e. The van der Waals surface area contributed by atoms with Crippen molar-refractivity contribution in [3.63, 3.8) is 0 Å². The van der Waals surface area contributed by atoms with Gasteiger partial charge in [0.2, 0.25) is 0 Å². The highest BCUT2D eigenvalue weighted by Crippen LogP contribution is 2.26. The second kappa shape index (κ2) is 8.20. The Kier molecular flexibility index (Phi) is 6.93. The number of nitrogens with one attached hydrogen (secondary N) is 2. The fourth-order valence-electron chi connectivity index (χ4n) is 2.12. The standard InChI is InChI=1S/C17H32N4/c1-7-9-10-11-12-19-15-13(3)14(18-8-2)20-16(21-15)17(4,5)6/h7-12H2,1-6H3,(H2,18,19,20,21). The van der Waals surface area contributed by atoms with Crippen LogP contribution in [0.5, 0.6) is 0 Å². The van der Waals surface area contributed by atoms with Gasteiger partial charge in [0.05, 0.1) is 0 Å². The number of unbranched alkanes of at least 4 members (excludes halogenated alkanes) is 3. The lowest BCUT2D eigenvalue weighted by atomic mass is 9.95. The SMILES string of the molecule is CCCCCCNc1nc(C(C)(C)C)nc(NCC)c1C. The highest BCUT2D eigenvalue weighted by atomic mass is 15.1. The van der Waals surface area contributed by atoms with Crippen LogP contribution in [0, 0.1) is 6.92 Å². The normalized spacial score (nSPS) is 11.5. The van der Waals surface area contributed by atoms with E-state index in [1.54, 1.807) is 0 Å². The smallest absolute Gasteiger partial charge is 0.138 e. The lowest BCUT2D eigenvalue weighted by molar-refractivity contribution is 0.546. The monoisotopic (exact) mass is 292 g/mol. The predicted molar refractivity (Wildman–Crippen MR) is 92.3 cm³/mol. The third kappa shape index (κ3) is 5.52. The fourth-order valence-corrected chi connectivity index (χ4v) is 2.12. The summed E-state index contributed by atoms with van der Waals surface area (Å²) in [5, 5.41) is 6.84. The third-order valence-electron chi connectivity index (χ3n) is 3.48. The molecule has 0 aliphatic heterocycles. The van der Waals surface area contributed by atoms with Crippen LogP contribution in [0.2, 0.25) is 0 Å². The molecule has 0 fully saturated rings. The number of nitrogens with zero attached hydrogens (tertiary/aromatic N) is 2. The number of rotatable bonds is 8. The summed E-state index contributed by atoms with van der Waals surface area (Å²) in [6, 6.07) is 0. The van der Waals surface area contributed by atoms with Crippen molar-refractivity contribution in [3.05, 3.63) is 11.4 Å². The Morgan fingerprint density at radius 2 is 1.52 bits per heavy atom. The van der Waals surface area contributed by atoms with Gasteiger partial charge in [0, 0.05) is 24.1 Å². The lowest BCUT2D eigenvalue weighted by Gasteiger charge is -2.21. The molecule has 0 aromatic carbocycles. The van der Waals surface area contributed by atoms with Crippen molar-refractivity contribution < 1.29 is 0 Å². The van der Waals surface area contributed by atoms with Crippen molar-refractivity contribution in [1.82, 2.24) is 9.97 Å². The third-order valence-corrected chi connectivity index (χ3v) is 3.48. The van der Waals surface area contributed by atoms with Gasteiger partial charge in [-0.1, -0.05) is 47.0 Å². The number of hydrogen-bond donors (Lipinski definition) is 2. The Bertz CT molecular complexity index is 435.